The molecule has 1 saturated heterocycles. The number of hydrogen-bond donors (Lipinski definition) is 1. The fraction of sp³-hybridized carbons (Fsp3) is 0.333. The lowest BCUT2D eigenvalue weighted by molar-refractivity contribution is -0.174. The molecule has 4 nitrogen and oxygen atoms in total. The highest BCUT2D eigenvalue weighted by Gasteiger charge is 2.48. The third-order valence-electron chi connectivity index (χ3n) is 3.43. The highest BCUT2D eigenvalue weighted by molar-refractivity contribution is 6.30. The van der Waals surface area contributed by atoms with Crippen LogP contribution in [0, 0.1) is 5.41 Å². The number of carbonyl (C=O) groups excluding carboxylic acids is 1. The molecule has 1 aliphatic rings. The molecule has 0 aliphatic carbocycles. The van der Waals surface area contributed by atoms with Crippen molar-refractivity contribution < 1.29 is 19.4 Å². The lowest BCUT2D eigenvalue weighted by Crippen LogP contribution is -2.43. The number of carboxylic acid groups (broad SMARTS) is 1. The van der Waals surface area contributed by atoms with Crippen molar-refractivity contribution >= 4 is 29.6 Å². The Balaban J connectivity index is 2.11. The van der Waals surface area contributed by atoms with E-state index >= 15 is 0 Å². The first-order chi connectivity index (χ1) is 9.54. The first-order valence-corrected chi connectivity index (χ1v) is 6.75. The number of benzene rings is 1. The number of allylic oxidation sites excluding steroid dienone is 1. The van der Waals surface area contributed by atoms with Gasteiger partial charge in [-0.05, 0) is 37.0 Å². The van der Waals surface area contributed by atoms with Gasteiger partial charge in [-0.1, -0.05) is 35.9 Å². The lowest BCUT2D eigenvalue weighted by atomic mass is 9.78. The molecule has 1 aromatic rings. The maximum Gasteiger partial charge on any atom is 0.323 e. The van der Waals surface area contributed by atoms with Crippen LogP contribution in [-0.2, 0) is 14.3 Å². The molecule has 1 aliphatic heterocycles. The summed E-state index contributed by atoms with van der Waals surface area (Å²) in [6.45, 7) is 0.300. The molecule has 1 aromatic carbocycles. The minimum atomic E-state index is -1.44. The van der Waals surface area contributed by atoms with E-state index in [1.807, 2.05) is 12.1 Å². The van der Waals surface area contributed by atoms with Crippen LogP contribution in [0.1, 0.15) is 24.8 Å². The maximum absolute atomic E-state index is 11.8. The third-order valence-corrected chi connectivity index (χ3v) is 3.68. The Labute approximate surface area is 122 Å². The molecule has 0 unspecified atom stereocenters. The van der Waals surface area contributed by atoms with Gasteiger partial charge in [0.25, 0.3) is 0 Å². The number of cyclic esters (lactones) is 1. The molecule has 0 radical (unpaired) electrons. The van der Waals surface area contributed by atoms with E-state index in [1.54, 1.807) is 24.3 Å². The first kappa shape index (κ1) is 14.6. The molecule has 0 bridgehead atoms. The summed E-state index contributed by atoms with van der Waals surface area (Å²) in [6.07, 6.45) is 4.50. The van der Waals surface area contributed by atoms with Gasteiger partial charge in [-0.25, -0.2) is 0 Å². The van der Waals surface area contributed by atoms with Crippen molar-refractivity contribution in [2.45, 2.75) is 19.3 Å². The molecule has 106 valence electrons. The van der Waals surface area contributed by atoms with Crippen molar-refractivity contribution in [1.29, 1.82) is 0 Å². The predicted molar refractivity (Wildman–Crippen MR) is 75.4 cm³/mol. The Kier molecular flexibility index (Phi) is 4.45. The van der Waals surface area contributed by atoms with Gasteiger partial charge in [0, 0.05) is 5.02 Å². The van der Waals surface area contributed by atoms with Crippen LogP contribution in [0.5, 0.6) is 0 Å². The summed E-state index contributed by atoms with van der Waals surface area (Å²) in [4.78, 5) is 23.2. The molecule has 0 aromatic heterocycles. The quantitative estimate of drug-likeness (QED) is 0.684. The van der Waals surface area contributed by atoms with Gasteiger partial charge < -0.3 is 9.84 Å². The average Bonchev–Trinajstić information content (AvgIpc) is 2.43. The number of hydrogen-bond acceptors (Lipinski definition) is 3. The number of carbonyl (C=O) groups is 2. The van der Waals surface area contributed by atoms with Crippen molar-refractivity contribution in [2.75, 3.05) is 6.61 Å². The highest BCUT2D eigenvalue weighted by atomic mass is 35.5. The molecule has 0 amide bonds. The largest absolute Gasteiger partial charge is 0.480 e. The van der Waals surface area contributed by atoms with E-state index in [0.717, 1.165) is 5.56 Å². The van der Waals surface area contributed by atoms with Gasteiger partial charge in [-0.2, -0.15) is 0 Å². The summed E-state index contributed by atoms with van der Waals surface area (Å²) < 4.78 is 4.90. The second kappa shape index (κ2) is 6.09. The van der Waals surface area contributed by atoms with Gasteiger partial charge in [-0.3, -0.25) is 9.59 Å². The van der Waals surface area contributed by atoms with Gasteiger partial charge in [0.1, 0.15) is 0 Å². The van der Waals surface area contributed by atoms with Crippen LogP contribution in [0.25, 0.3) is 6.08 Å². The Morgan fingerprint density at radius 2 is 2.10 bits per heavy atom. The molecule has 1 atom stereocenters. The third kappa shape index (κ3) is 3.02. The summed E-state index contributed by atoms with van der Waals surface area (Å²) in [5, 5.41) is 9.98. The van der Waals surface area contributed by atoms with E-state index < -0.39 is 17.4 Å². The Morgan fingerprint density at radius 3 is 2.70 bits per heavy atom. The fourth-order valence-corrected chi connectivity index (χ4v) is 2.34. The smallest absolute Gasteiger partial charge is 0.323 e. The standard InChI is InChI=1S/C15H15ClO4/c16-12-6-4-11(5-7-12)3-1-8-15(13(17)18)9-2-10-20-14(15)19/h1,3-7H,2,8-10H2,(H,17,18)/b3-1+/t15-/m0/s1. The SMILES string of the molecule is O=C(O)[C@]1(C/C=C/c2ccc(Cl)cc2)CCCOC1=O. The minimum Gasteiger partial charge on any atom is -0.480 e. The summed E-state index contributed by atoms with van der Waals surface area (Å²) in [5.41, 5.74) is -0.541. The van der Waals surface area contributed by atoms with Gasteiger partial charge >= 0.3 is 11.9 Å². The average molecular weight is 295 g/mol. The number of carboxylic acids is 1. The Hall–Kier alpha value is -1.81. The molecule has 1 N–H and O–H groups in total. The van der Waals surface area contributed by atoms with E-state index in [9.17, 15) is 14.7 Å². The molecular weight excluding hydrogens is 280 g/mol. The highest BCUT2D eigenvalue weighted by Crippen LogP contribution is 2.34. The molecule has 1 fully saturated rings. The van der Waals surface area contributed by atoms with Crippen LogP contribution in [0.15, 0.2) is 30.3 Å². The van der Waals surface area contributed by atoms with E-state index in [-0.39, 0.29) is 6.42 Å². The lowest BCUT2D eigenvalue weighted by Gasteiger charge is -2.29. The molecule has 20 heavy (non-hydrogen) atoms. The molecule has 5 heteroatoms. The van der Waals surface area contributed by atoms with Crippen molar-refractivity contribution in [3.63, 3.8) is 0 Å². The van der Waals surface area contributed by atoms with Crippen molar-refractivity contribution in [3.05, 3.63) is 40.9 Å². The van der Waals surface area contributed by atoms with Gasteiger partial charge in [-0.15, -0.1) is 0 Å². The van der Waals surface area contributed by atoms with Crippen molar-refractivity contribution in [2.24, 2.45) is 5.41 Å². The summed E-state index contributed by atoms with van der Waals surface area (Å²) in [7, 11) is 0. The van der Waals surface area contributed by atoms with E-state index in [2.05, 4.69) is 0 Å². The van der Waals surface area contributed by atoms with E-state index in [1.165, 1.54) is 0 Å². The molecule has 2 rings (SSSR count). The van der Waals surface area contributed by atoms with Crippen molar-refractivity contribution in [1.82, 2.24) is 0 Å². The number of halogens is 1. The van der Waals surface area contributed by atoms with Gasteiger partial charge in [0.05, 0.1) is 6.61 Å². The number of ether oxygens (including phenoxy) is 1. The normalized spacial score (nSPS) is 22.8. The summed E-state index contributed by atoms with van der Waals surface area (Å²) in [5.74, 6) is -1.76. The van der Waals surface area contributed by atoms with Gasteiger partial charge in [0.15, 0.2) is 5.41 Å². The molecule has 0 saturated carbocycles. The number of aliphatic carboxylic acids is 1. The zero-order valence-electron chi connectivity index (χ0n) is 10.8. The number of rotatable bonds is 4. The Morgan fingerprint density at radius 1 is 1.40 bits per heavy atom. The van der Waals surface area contributed by atoms with Crippen LogP contribution >= 0.6 is 11.6 Å². The van der Waals surface area contributed by atoms with Crippen LogP contribution in [0.3, 0.4) is 0 Å². The molecule has 1 heterocycles. The fourth-order valence-electron chi connectivity index (χ4n) is 2.22. The summed E-state index contributed by atoms with van der Waals surface area (Å²) in [6, 6.07) is 7.16. The zero-order chi connectivity index (χ0) is 14.6. The van der Waals surface area contributed by atoms with Crippen LogP contribution in [-0.4, -0.2) is 23.7 Å². The van der Waals surface area contributed by atoms with Crippen LogP contribution in [0.2, 0.25) is 5.02 Å². The second-order valence-electron chi connectivity index (χ2n) is 4.78. The first-order valence-electron chi connectivity index (χ1n) is 6.37. The van der Waals surface area contributed by atoms with Crippen LogP contribution < -0.4 is 0 Å². The van der Waals surface area contributed by atoms with Gasteiger partial charge in [0.2, 0.25) is 0 Å². The summed E-state index contributed by atoms with van der Waals surface area (Å²) >= 11 is 5.79. The zero-order valence-corrected chi connectivity index (χ0v) is 11.6. The maximum atomic E-state index is 11.8. The van der Waals surface area contributed by atoms with Crippen LogP contribution in [0.4, 0.5) is 0 Å². The minimum absolute atomic E-state index is 0.129. The second-order valence-corrected chi connectivity index (χ2v) is 5.22. The predicted octanol–water partition coefficient (Wildman–Crippen LogP) is 3.15. The molecular formula is C15H15ClO4. The number of esters is 1. The van der Waals surface area contributed by atoms with Crippen molar-refractivity contribution in [3.8, 4) is 0 Å². The van der Waals surface area contributed by atoms with E-state index in [0.29, 0.717) is 24.5 Å². The topological polar surface area (TPSA) is 63.6 Å². The van der Waals surface area contributed by atoms with E-state index in [4.69, 9.17) is 16.3 Å². The monoisotopic (exact) mass is 294 g/mol. The molecule has 0 spiro atoms. The Bertz CT molecular complexity index is 535.